The maximum Gasteiger partial charge on any atom is 0.0434 e. The normalized spacial score (nSPS) is 33.8. The zero-order chi connectivity index (χ0) is 5.28. The van der Waals surface area contributed by atoms with Crippen LogP contribution in [-0.4, -0.2) is 17.8 Å². The lowest BCUT2D eigenvalue weighted by atomic mass is 10.3. The Labute approximate surface area is 55.5 Å². The minimum Gasteiger partial charge on any atom is -0.396 e. The van der Waals surface area contributed by atoms with Gasteiger partial charge in [0.25, 0.3) is 0 Å². The molecule has 50 valence electrons. The van der Waals surface area contributed by atoms with Gasteiger partial charge >= 0.3 is 0 Å². The van der Waals surface area contributed by atoms with Crippen LogP contribution in [0.2, 0.25) is 0 Å². The first-order valence-electron chi connectivity index (χ1n) is 2.71. The molecule has 1 aliphatic rings. The van der Waals surface area contributed by atoms with Gasteiger partial charge in [0.05, 0.1) is 0 Å². The van der Waals surface area contributed by atoms with Crippen LogP contribution in [0.4, 0.5) is 0 Å². The Hall–Kier alpha value is 0.210. The molecule has 2 unspecified atom stereocenters. The van der Waals surface area contributed by atoms with Crippen molar-refractivity contribution in [2.75, 3.05) is 6.61 Å². The first kappa shape index (κ1) is 8.21. The summed E-state index contributed by atoms with van der Waals surface area (Å²) in [4.78, 5) is 0. The highest BCUT2D eigenvalue weighted by molar-refractivity contribution is 5.85. The average molecular weight is 138 g/mol. The molecule has 0 spiro atoms. The second-order valence-electron chi connectivity index (χ2n) is 2.17. The van der Waals surface area contributed by atoms with Crippen molar-refractivity contribution < 1.29 is 5.11 Å². The molecule has 2 atom stereocenters. The molecule has 3 heteroatoms. The Morgan fingerprint density at radius 3 is 2.25 bits per heavy atom. The fourth-order valence-electron chi connectivity index (χ4n) is 0.769. The summed E-state index contributed by atoms with van der Waals surface area (Å²) in [5.41, 5.74) is 5.44. The second-order valence-corrected chi connectivity index (χ2v) is 2.17. The van der Waals surface area contributed by atoms with Gasteiger partial charge in [0.15, 0.2) is 0 Å². The molecule has 3 N–H and O–H groups in total. The van der Waals surface area contributed by atoms with Gasteiger partial charge in [-0.05, 0) is 18.8 Å². The van der Waals surface area contributed by atoms with Gasteiger partial charge in [0.1, 0.15) is 0 Å². The van der Waals surface area contributed by atoms with Crippen molar-refractivity contribution in [3.8, 4) is 0 Å². The lowest BCUT2D eigenvalue weighted by Gasteiger charge is -1.86. The van der Waals surface area contributed by atoms with Gasteiger partial charge in [-0.2, -0.15) is 0 Å². The van der Waals surface area contributed by atoms with Crippen molar-refractivity contribution in [3.05, 3.63) is 0 Å². The van der Waals surface area contributed by atoms with Crippen molar-refractivity contribution in [3.63, 3.8) is 0 Å². The summed E-state index contributed by atoms with van der Waals surface area (Å²) in [7, 11) is 0. The summed E-state index contributed by atoms with van der Waals surface area (Å²) in [6.45, 7) is 0.304. The zero-order valence-corrected chi connectivity index (χ0v) is 5.53. The molecule has 0 aliphatic heterocycles. The predicted octanol–water partition coefficient (Wildman–Crippen LogP) is 0.138. The van der Waals surface area contributed by atoms with E-state index in [9.17, 15) is 0 Å². The predicted molar refractivity (Wildman–Crippen MR) is 35.0 cm³/mol. The third-order valence-electron chi connectivity index (χ3n) is 1.48. The summed E-state index contributed by atoms with van der Waals surface area (Å²) in [6.07, 6.45) is 2.03. The summed E-state index contributed by atoms with van der Waals surface area (Å²) in [5, 5.41) is 8.34. The van der Waals surface area contributed by atoms with E-state index in [0.717, 1.165) is 12.8 Å². The third kappa shape index (κ3) is 1.99. The summed E-state index contributed by atoms with van der Waals surface area (Å²) >= 11 is 0. The molecule has 0 radical (unpaired) electrons. The third-order valence-corrected chi connectivity index (χ3v) is 1.48. The van der Waals surface area contributed by atoms with Crippen LogP contribution in [0.15, 0.2) is 0 Å². The molecule has 0 bridgehead atoms. The van der Waals surface area contributed by atoms with Crippen molar-refractivity contribution in [1.82, 2.24) is 0 Å². The number of hydrogen-bond acceptors (Lipinski definition) is 2. The highest BCUT2D eigenvalue weighted by atomic mass is 35.5. The fraction of sp³-hybridized carbons (Fsp3) is 1.00. The molecule has 0 aromatic carbocycles. The van der Waals surface area contributed by atoms with Crippen LogP contribution in [0.1, 0.15) is 12.8 Å². The van der Waals surface area contributed by atoms with Gasteiger partial charge in [-0.3, -0.25) is 0 Å². The molecule has 1 aliphatic carbocycles. The van der Waals surface area contributed by atoms with Crippen LogP contribution in [0.25, 0.3) is 0 Å². The van der Waals surface area contributed by atoms with Gasteiger partial charge in [0, 0.05) is 12.6 Å². The van der Waals surface area contributed by atoms with Gasteiger partial charge in [-0.15, -0.1) is 12.4 Å². The number of aliphatic hydroxyl groups is 1. The zero-order valence-electron chi connectivity index (χ0n) is 4.71. The minimum atomic E-state index is 0. The molecule has 1 saturated carbocycles. The van der Waals surface area contributed by atoms with E-state index in [-0.39, 0.29) is 12.4 Å². The van der Waals surface area contributed by atoms with Gasteiger partial charge in [-0.25, -0.2) is 0 Å². The Morgan fingerprint density at radius 2 is 2.12 bits per heavy atom. The van der Waals surface area contributed by atoms with Crippen molar-refractivity contribution >= 4 is 12.4 Å². The van der Waals surface area contributed by atoms with E-state index in [1.807, 2.05) is 0 Å². The van der Waals surface area contributed by atoms with Gasteiger partial charge in [0.2, 0.25) is 0 Å². The van der Waals surface area contributed by atoms with E-state index in [1.54, 1.807) is 0 Å². The van der Waals surface area contributed by atoms with Crippen molar-refractivity contribution in [2.45, 2.75) is 18.9 Å². The van der Waals surface area contributed by atoms with Crippen LogP contribution in [0, 0.1) is 5.92 Å². The Morgan fingerprint density at radius 1 is 1.62 bits per heavy atom. The smallest absolute Gasteiger partial charge is 0.0434 e. The maximum absolute atomic E-state index is 8.34. The lowest BCUT2D eigenvalue weighted by molar-refractivity contribution is 0.279. The second kappa shape index (κ2) is 3.28. The number of halogens is 1. The van der Waals surface area contributed by atoms with Crippen LogP contribution in [0.5, 0.6) is 0 Å². The van der Waals surface area contributed by atoms with Crippen LogP contribution in [-0.2, 0) is 0 Å². The monoisotopic (exact) mass is 137 g/mol. The Balaban J connectivity index is 0.000000490. The first-order valence-corrected chi connectivity index (χ1v) is 2.71. The Bertz CT molecular complexity index is 69.4. The summed E-state index contributed by atoms with van der Waals surface area (Å²) in [6, 6.07) is 0.409. The molecular weight excluding hydrogens is 126 g/mol. The van der Waals surface area contributed by atoms with Gasteiger partial charge < -0.3 is 10.8 Å². The largest absolute Gasteiger partial charge is 0.396 e. The average Bonchev–Trinajstić information content (AvgIpc) is 2.22. The fourth-order valence-corrected chi connectivity index (χ4v) is 0.769. The number of rotatable bonds is 2. The van der Waals surface area contributed by atoms with E-state index in [4.69, 9.17) is 10.8 Å². The first-order chi connectivity index (χ1) is 3.34. The van der Waals surface area contributed by atoms with E-state index in [2.05, 4.69) is 0 Å². The van der Waals surface area contributed by atoms with Gasteiger partial charge in [-0.1, -0.05) is 0 Å². The van der Waals surface area contributed by atoms with Crippen molar-refractivity contribution in [2.24, 2.45) is 11.7 Å². The van der Waals surface area contributed by atoms with Crippen LogP contribution in [0.3, 0.4) is 0 Å². The minimum absolute atomic E-state index is 0. The van der Waals surface area contributed by atoms with E-state index in [0.29, 0.717) is 18.6 Å². The molecule has 1 fully saturated rings. The molecule has 0 amide bonds. The lowest BCUT2D eigenvalue weighted by Crippen LogP contribution is -2.02. The summed E-state index contributed by atoms with van der Waals surface area (Å²) < 4.78 is 0. The van der Waals surface area contributed by atoms with Crippen molar-refractivity contribution in [1.29, 1.82) is 0 Å². The number of nitrogens with two attached hydrogens (primary N) is 1. The topological polar surface area (TPSA) is 46.2 Å². The Kier molecular flexibility index (Phi) is 3.36. The van der Waals surface area contributed by atoms with E-state index < -0.39 is 0 Å². The maximum atomic E-state index is 8.34. The molecule has 0 heterocycles. The molecule has 8 heavy (non-hydrogen) atoms. The molecule has 0 aromatic rings. The SMILES string of the molecule is Cl.NC1CC1CCO. The molecule has 1 rings (SSSR count). The highest BCUT2D eigenvalue weighted by Gasteiger charge is 2.31. The standard InChI is InChI=1S/C5H11NO.ClH/c6-5-3-4(5)1-2-7;/h4-5,7H,1-3,6H2;1H. The highest BCUT2D eigenvalue weighted by Crippen LogP contribution is 2.30. The molecule has 2 nitrogen and oxygen atoms in total. The van der Waals surface area contributed by atoms with Crippen LogP contribution >= 0.6 is 12.4 Å². The molecule has 0 saturated heterocycles. The van der Waals surface area contributed by atoms with Crippen LogP contribution < -0.4 is 5.73 Å². The summed E-state index contributed by atoms with van der Waals surface area (Å²) in [5.74, 6) is 0.644. The molecule has 0 aromatic heterocycles. The molecular formula is C5H12ClNO. The van der Waals surface area contributed by atoms with E-state index in [1.165, 1.54) is 0 Å². The van der Waals surface area contributed by atoms with E-state index >= 15 is 0 Å². The number of hydrogen-bond donors (Lipinski definition) is 2. The number of aliphatic hydroxyl groups excluding tert-OH is 1. The quantitative estimate of drug-likeness (QED) is 0.569.